The Morgan fingerprint density at radius 2 is 1.71 bits per heavy atom. The van der Waals surface area contributed by atoms with Crippen LogP contribution in [0.5, 0.6) is 11.5 Å². The van der Waals surface area contributed by atoms with Crippen molar-refractivity contribution >= 4 is 17.6 Å². The van der Waals surface area contributed by atoms with Crippen molar-refractivity contribution in [3.8, 4) is 22.8 Å². The van der Waals surface area contributed by atoms with Crippen molar-refractivity contribution in [2.75, 3.05) is 20.0 Å². The van der Waals surface area contributed by atoms with E-state index in [1.54, 1.807) is 37.7 Å². The number of ether oxygens (including phenoxy) is 2. The first-order chi connectivity index (χ1) is 9.96. The summed E-state index contributed by atoms with van der Waals surface area (Å²) < 4.78 is 12.7. The molecular weight excluding hydrogens is 286 g/mol. The Labute approximate surface area is 129 Å². The van der Waals surface area contributed by atoms with E-state index in [9.17, 15) is 0 Å². The minimum atomic E-state index is 0.482. The first kappa shape index (κ1) is 15.6. The molecule has 0 amide bonds. The van der Waals surface area contributed by atoms with Gasteiger partial charge in [-0.25, -0.2) is 0 Å². The zero-order valence-corrected chi connectivity index (χ0v) is 13.8. The first-order valence-electron chi connectivity index (χ1n) is 6.68. The van der Waals surface area contributed by atoms with Crippen molar-refractivity contribution in [2.24, 2.45) is 7.05 Å². The molecule has 5 nitrogen and oxygen atoms in total. The van der Waals surface area contributed by atoms with Gasteiger partial charge in [0.05, 0.1) is 19.8 Å². The van der Waals surface area contributed by atoms with Gasteiger partial charge < -0.3 is 15.2 Å². The lowest BCUT2D eigenvalue weighted by Gasteiger charge is -2.14. The molecule has 6 heteroatoms. The second-order valence-electron chi connectivity index (χ2n) is 4.95. The highest BCUT2D eigenvalue weighted by atomic mass is 32.2. The molecule has 2 rings (SSSR count). The van der Waals surface area contributed by atoms with Crippen molar-refractivity contribution < 1.29 is 9.47 Å². The zero-order chi connectivity index (χ0) is 15.6. The van der Waals surface area contributed by atoms with Crippen LogP contribution < -0.4 is 15.2 Å². The first-order valence-corrected chi connectivity index (χ1v) is 7.56. The Balaban J connectivity index is 2.58. The molecular formula is C15H21N3O2S. The number of aryl methyl sites for hydroxylation is 1. The third-order valence-electron chi connectivity index (χ3n) is 3.02. The number of aromatic nitrogens is 2. The van der Waals surface area contributed by atoms with Gasteiger partial charge in [-0.2, -0.15) is 5.10 Å². The molecule has 0 atom stereocenters. The van der Waals surface area contributed by atoms with Crippen molar-refractivity contribution in [1.29, 1.82) is 0 Å². The van der Waals surface area contributed by atoms with E-state index < -0.39 is 0 Å². The average Bonchev–Trinajstić information content (AvgIpc) is 2.76. The van der Waals surface area contributed by atoms with Crippen molar-refractivity contribution in [3.05, 3.63) is 18.2 Å². The number of nitrogen functional groups attached to an aromatic ring is 1. The Kier molecular flexibility index (Phi) is 4.67. The molecule has 1 aromatic carbocycles. The zero-order valence-electron chi connectivity index (χ0n) is 13.0. The summed E-state index contributed by atoms with van der Waals surface area (Å²) in [5.74, 6) is 2.06. The number of hydrogen-bond acceptors (Lipinski definition) is 5. The molecule has 0 saturated carbocycles. The summed E-state index contributed by atoms with van der Waals surface area (Å²) in [6.07, 6.45) is 0. The molecule has 0 bridgehead atoms. The lowest BCUT2D eigenvalue weighted by atomic mass is 10.1. The van der Waals surface area contributed by atoms with Gasteiger partial charge in [0.15, 0.2) is 0 Å². The largest absolute Gasteiger partial charge is 0.496 e. The fourth-order valence-corrected chi connectivity index (χ4v) is 2.98. The van der Waals surface area contributed by atoms with Gasteiger partial charge in [-0.15, -0.1) is 11.8 Å². The molecule has 0 unspecified atom stereocenters. The molecule has 114 valence electrons. The Morgan fingerprint density at radius 1 is 1.14 bits per heavy atom. The van der Waals surface area contributed by atoms with E-state index in [4.69, 9.17) is 15.2 Å². The lowest BCUT2D eigenvalue weighted by molar-refractivity contribution is 0.395. The number of thioether (sulfide) groups is 1. The number of nitrogens with two attached hydrogens (primary N) is 1. The molecule has 0 radical (unpaired) electrons. The molecule has 1 aromatic heterocycles. The molecule has 0 fully saturated rings. The standard InChI is InChI=1S/C15H21N3O2S/c1-9(2)21-10-6-12(19-4)15(13(7-10)20-5)11-8-14(16)18(3)17-11/h6-9H,16H2,1-5H3. The van der Waals surface area contributed by atoms with Gasteiger partial charge in [0.2, 0.25) is 0 Å². The van der Waals surface area contributed by atoms with Crippen LogP contribution in [0.25, 0.3) is 11.3 Å². The quantitative estimate of drug-likeness (QED) is 0.860. The third-order valence-corrected chi connectivity index (χ3v) is 4.00. The summed E-state index contributed by atoms with van der Waals surface area (Å²) in [6.45, 7) is 4.30. The Morgan fingerprint density at radius 3 is 2.10 bits per heavy atom. The van der Waals surface area contributed by atoms with Crippen LogP contribution in [-0.4, -0.2) is 29.3 Å². The molecule has 0 saturated heterocycles. The van der Waals surface area contributed by atoms with Gasteiger partial charge in [-0.1, -0.05) is 13.8 Å². The van der Waals surface area contributed by atoms with Gasteiger partial charge in [-0.3, -0.25) is 4.68 Å². The van der Waals surface area contributed by atoms with Crippen LogP contribution in [0.15, 0.2) is 23.1 Å². The third kappa shape index (κ3) is 3.26. The van der Waals surface area contributed by atoms with Crippen LogP contribution in [0, 0.1) is 0 Å². The second kappa shape index (κ2) is 6.30. The van der Waals surface area contributed by atoms with Crippen LogP contribution >= 0.6 is 11.8 Å². The van der Waals surface area contributed by atoms with Gasteiger partial charge in [0.1, 0.15) is 23.0 Å². The number of rotatable bonds is 5. The number of benzene rings is 1. The Bertz CT molecular complexity index is 593. The topological polar surface area (TPSA) is 62.3 Å². The number of hydrogen-bond donors (Lipinski definition) is 1. The molecule has 0 aliphatic heterocycles. The molecule has 0 aliphatic rings. The highest BCUT2D eigenvalue weighted by Crippen LogP contribution is 2.42. The number of methoxy groups -OCH3 is 2. The highest BCUT2D eigenvalue weighted by Gasteiger charge is 2.18. The number of anilines is 1. The summed E-state index contributed by atoms with van der Waals surface area (Å²) in [5, 5.41) is 4.90. The molecule has 2 aromatic rings. The normalized spacial score (nSPS) is 11.0. The summed E-state index contributed by atoms with van der Waals surface area (Å²) in [4.78, 5) is 1.10. The van der Waals surface area contributed by atoms with Crippen molar-refractivity contribution in [3.63, 3.8) is 0 Å². The van der Waals surface area contributed by atoms with Crippen LogP contribution in [0.2, 0.25) is 0 Å². The predicted octanol–water partition coefficient (Wildman–Crippen LogP) is 3.19. The minimum absolute atomic E-state index is 0.482. The molecule has 2 N–H and O–H groups in total. The van der Waals surface area contributed by atoms with E-state index in [-0.39, 0.29) is 0 Å². The van der Waals surface area contributed by atoms with Crippen LogP contribution in [0.4, 0.5) is 5.82 Å². The SMILES string of the molecule is COc1cc(SC(C)C)cc(OC)c1-c1cc(N)n(C)n1. The van der Waals surface area contributed by atoms with Gasteiger partial charge >= 0.3 is 0 Å². The van der Waals surface area contributed by atoms with E-state index >= 15 is 0 Å². The summed E-state index contributed by atoms with van der Waals surface area (Å²) in [6, 6.07) is 5.83. The van der Waals surface area contributed by atoms with Crippen molar-refractivity contribution in [1.82, 2.24) is 9.78 Å². The molecule has 0 aliphatic carbocycles. The average molecular weight is 307 g/mol. The van der Waals surface area contributed by atoms with Gasteiger partial charge in [-0.05, 0) is 12.1 Å². The monoisotopic (exact) mass is 307 g/mol. The minimum Gasteiger partial charge on any atom is -0.496 e. The predicted molar refractivity (Wildman–Crippen MR) is 87.2 cm³/mol. The maximum absolute atomic E-state index is 5.87. The summed E-state index contributed by atoms with van der Waals surface area (Å²) in [5.41, 5.74) is 7.43. The fraction of sp³-hybridized carbons (Fsp3) is 0.400. The van der Waals surface area contributed by atoms with E-state index in [2.05, 4.69) is 18.9 Å². The summed E-state index contributed by atoms with van der Waals surface area (Å²) >= 11 is 1.76. The smallest absolute Gasteiger partial charge is 0.133 e. The van der Waals surface area contributed by atoms with Gasteiger partial charge in [0, 0.05) is 23.3 Å². The van der Waals surface area contributed by atoms with Crippen LogP contribution in [0.3, 0.4) is 0 Å². The Hall–Kier alpha value is -1.82. The maximum atomic E-state index is 5.87. The van der Waals surface area contributed by atoms with Gasteiger partial charge in [0.25, 0.3) is 0 Å². The lowest BCUT2D eigenvalue weighted by Crippen LogP contribution is -1.98. The summed E-state index contributed by atoms with van der Waals surface area (Å²) in [7, 11) is 5.10. The van der Waals surface area contributed by atoms with Crippen LogP contribution in [-0.2, 0) is 7.05 Å². The van der Waals surface area contributed by atoms with Crippen molar-refractivity contribution in [2.45, 2.75) is 24.0 Å². The van der Waals surface area contributed by atoms with E-state index in [1.165, 1.54) is 0 Å². The highest BCUT2D eigenvalue weighted by molar-refractivity contribution is 7.99. The van der Waals surface area contributed by atoms with E-state index in [1.807, 2.05) is 18.2 Å². The number of nitrogens with zero attached hydrogens (tertiary/aromatic N) is 2. The molecule has 0 spiro atoms. The second-order valence-corrected chi connectivity index (χ2v) is 6.60. The van der Waals surface area contributed by atoms with Crippen LogP contribution in [0.1, 0.15) is 13.8 Å². The van der Waals surface area contributed by atoms with E-state index in [0.717, 1.165) is 27.7 Å². The fourth-order valence-electron chi connectivity index (χ4n) is 2.08. The molecule has 1 heterocycles. The molecule has 21 heavy (non-hydrogen) atoms. The maximum Gasteiger partial charge on any atom is 0.133 e. The van der Waals surface area contributed by atoms with E-state index in [0.29, 0.717) is 11.1 Å².